The van der Waals surface area contributed by atoms with E-state index in [-0.39, 0.29) is 18.1 Å². The van der Waals surface area contributed by atoms with Crippen molar-refractivity contribution in [2.75, 3.05) is 19.1 Å². The smallest absolute Gasteiger partial charge is 0.290 e. The SMILES string of the molecule is O=C(c1ccco1)N1CCS[C@@H]1c1ccc2c(c1)OCO2. The van der Waals surface area contributed by atoms with Gasteiger partial charge in [0.25, 0.3) is 5.91 Å². The van der Waals surface area contributed by atoms with Crippen LogP contribution in [0.25, 0.3) is 0 Å². The van der Waals surface area contributed by atoms with Crippen molar-refractivity contribution in [2.45, 2.75) is 5.37 Å². The topological polar surface area (TPSA) is 51.9 Å². The van der Waals surface area contributed by atoms with E-state index in [0.29, 0.717) is 12.3 Å². The first-order valence-corrected chi connectivity index (χ1v) is 7.73. The number of rotatable bonds is 2. The fourth-order valence-corrected chi connectivity index (χ4v) is 3.81. The Morgan fingerprint density at radius 1 is 1.24 bits per heavy atom. The number of ether oxygens (including phenoxy) is 2. The molecule has 0 spiro atoms. The summed E-state index contributed by atoms with van der Waals surface area (Å²) in [5.41, 5.74) is 1.04. The molecule has 21 heavy (non-hydrogen) atoms. The lowest BCUT2D eigenvalue weighted by Crippen LogP contribution is -2.30. The Morgan fingerprint density at radius 3 is 3.00 bits per heavy atom. The second-order valence-electron chi connectivity index (χ2n) is 4.81. The molecule has 0 N–H and O–H groups in total. The average Bonchev–Trinajstić information content (AvgIpc) is 3.24. The monoisotopic (exact) mass is 303 g/mol. The molecule has 0 aliphatic carbocycles. The van der Waals surface area contributed by atoms with E-state index in [9.17, 15) is 4.79 Å². The quantitative estimate of drug-likeness (QED) is 0.854. The number of nitrogens with zero attached hydrogens (tertiary/aromatic N) is 1. The van der Waals surface area contributed by atoms with Crippen LogP contribution in [0.3, 0.4) is 0 Å². The lowest BCUT2D eigenvalue weighted by Gasteiger charge is -2.23. The van der Waals surface area contributed by atoms with Gasteiger partial charge < -0.3 is 18.8 Å². The van der Waals surface area contributed by atoms with Crippen molar-refractivity contribution < 1.29 is 18.7 Å². The number of benzene rings is 1. The molecule has 4 rings (SSSR count). The van der Waals surface area contributed by atoms with Crippen LogP contribution in [-0.4, -0.2) is 29.9 Å². The summed E-state index contributed by atoms with van der Waals surface area (Å²) < 4.78 is 16.0. The minimum atomic E-state index is -0.0762. The number of thioether (sulfide) groups is 1. The molecular weight excluding hydrogens is 290 g/mol. The van der Waals surface area contributed by atoms with Crippen LogP contribution in [-0.2, 0) is 0 Å². The Hall–Kier alpha value is -2.08. The highest BCUT2D eigenvalue weighted by Crippen LogP contribution is 2.42. The summed E-state index contributed by atoms with van der Waals surface area (Å²) in [5.74, 6) is 2.71. The van der Waals surface area contributed by atoms with Crippen molar-refractivity contribution in [3.05, 3.63) is 47.9 Å². The van der Waals surface area contributed by atoms with E-state index >= 15 is 0 Å². The van der Waals surface area contributed by atoms with Crippen LogP contribution in [0, 0.1) is 0 Å². The molecule has 1 aromatic carbocycles. The zero-order chi connectivity index (χ0) is 14.2. The zero-order valence-electron chi connectivity index (χ0n) is 11.2. The number of hydrogen-bond acceptors (Lipinski definition) is 5. The first-order chi connectivity index (χ1) is 10.3. The van der Waals surface area contributed by atoms with Crippen molar-refractivity contribution in [2.24, 2.45) is 0 Å². The maximum Gasteiger partial charge on any atom is 0.290 e. The molecule has 0 saturated carbocycles. The molecule has 1 atom stereocenters. The van der Waals surface area contributed by atoms with E-state index in [4.69, 9.17) is 13.9 Å². The minimum Gasteiger partial charge on any atom is -0.459 e. The Morgan fingerprint density at radius 2 is 2.14 bits per heavy atom. The van der Waals surface area contributed by atoms with E-state index in [2.05, 4.69) is 0 Å². The van der Waals surface area contributed by atoms with E-state index in [1.807, 2.05) is 23.1 Å². The molecule has 1 saturated heterocycles. The maximum absolute atomic E-state index is 12.5. The molecule has 2 aliphatic rings. The van der Waals surface area contributed by atoms with Crippen LogP contribution < -0.4 is 9.47 Å². The summed E-state index contributed by atoms with van der Waals surface area (Å²) >= 11 is 1.74. The number of furan rings is 1. The standard InChI is InChI=1S/C15H13NO4S/c17-14(12-2-1-6-18-12)16-5-7-21-15(16)10-3-4-11-13(8-10)20-9-19-11/h1-4,6,8,15H,5,7,9H2/t15-/m1/s1. The molecule has 1 aromatic heterocycles. The van der Waals surface area contributed by atoms with E-state index < -0.39 is 0 Å². The fourth-order valence-electron chi connectivity index (χ4n) is 2.56. The number of carbonyl (C=O) groups excluding carboxylic acids is 1. The van der Waals surface area contributed by atoms with Gasteiger partial charge in [0.05, 0.1) is 6.26 Å². The first kappa shape index (κ1) is 12.6. The van der Waals surface area contributed by atoms with Crippen molar-refractivity contribution >= 4 is 17.7 Å². The highest BCUT2D eigenvalue weighted by Gasteiger charge is 2.33. The second-order valence-corrected chi connectivity index (χ2v) is 6.00. The fraction of sp³-hybridized carbons (Fsp3) is 0.267. The number of amides is 1. The minimum absolute atomic E-state index is 0.0166. The van der Waals surface area contributed by atoms with Gasteiger partial charge in [0.2, 0.25) is 6.79 Å². The van der Waals surface area contributed by atoms with E-state index in [1.165, 1.54) is 6.26 Å². The predicted molar refractivity (Wildman–Crippen MR) is 77.5 cm³/mol. The second kappa shape index (κ2) is 5.04. The molecular formula is C15H13NO4S. The highest BCUT2D eigenvalue weighted by molar-refractivity contribution is 7.99. The van der Waals surface area contributed by atoms with Gasteiger partial charge in [-0.3, -0.25) is 4.79 Å². The van der Waals surface area contributed by atoms with Crippen LogP contribution >= 0.6 is 11.8 Å². The Kier molecular flexibility index (Phi) is 3.03. The van der Waals surface area contributed by atoms with Gasteiger partial charge in [-0.2, -0.15) is 0 Å². The van der Waals surface area contributed by atoms with Crippen molar-refractivity contribution in [3.63, 3.8) is 0 Å². The number of fused-ring (bicyclic) bond motifs is 1. The number of hydrogen-bond donors (Lipinski definition) is 0. The van der Waals surface area contributed by atoms with Gasteiger partial charge in [0, 0.05) is 12.3 Å². The summed E-state index contributed by atoms with van der Waals surface area (Å²) in [6.45, 7) is 0.967. The predicted octanol–water partition coefficient (Wildman–Crippen LogP) is 2.90. The van der Waals surface area contributed by atoms with Crippen LogP contribution in [0.4, 0.5) is 0 Å². The van der Waals surface area contributed by atoms with Crippen LogP contribution in [0.5, 0.6) is 11.5 Å². The van der Waals surface area contributed by atoms with Crippen molar-refractivity contribution in [1.29, 1.82) is 0 Å². The van der Waals surface area contributed by atoms with Crippen LogP contribution in [0.1, 0.15) is 21.5 Å². The maximum atomic E-state index is 12.5. The molecule has 6 heteroatoms. The molecule has 5 nitrogen and oxygen atoms in total. The van der Waals surface area contributed by atoms with Crippen LogP contribution in [0.15, 0.2) is 41.0 Å². The van der Waals surface area contributed by atoms with E-state index in [0.717, 1.165) is 22.8 Å². The van der Waals surface area contributed by atoms with Gasteiger partial charge in [-0.1, -0.05) is 6.07 Å². The zero-order valence-corrected chi connectivity index (χ0v) is 12.0. The molecule has 2 aromatic rings. The molecule has 108 valence electrons. The van der Waals surface area contributed by atoms with Crippen molar-refractivity contribution in [3.8, 4) is 11.5 Å². The summed E-state index contributed by atoms with van der Waals surface area (Å²) in [4.78, 5) is 14.3. The third-order valence-corrected chi connectivity index (χ3v) is 4.83. The van der Waals surface area contributed by atoms with Gasteiger partial charge in [-0.25, -0.2) is 0 Å². The summed E-state index contributed by atoms with van der Waals surface area (Å²) in [6.07, 6.45) is 1.52. The van der Waals surface area contributed by atoms with Gasteiger partial charge in [-0.05, 0) is 29.8 Å². The molecule has 1 amide bonds. The summed E-state index contributed by atoms with van der Waals surface area (Å²) in [7, 11) is 0. The van der Waals surface area contributed by atoms with Gasteiger partial charge in [0.1, 0.15) is 5.37 Å². The molecule has 3 heterocycles. The Bertz CT molecular complexity index is 670. The lowest BCUT2D eigenvalue weighted by molar-refractivity contribution is 0.0728. The summed E-state index contributed by atoms with van der Waals surface area (Å²) in [5, 5.41) is -0.0166. The van der Waals surface area contributed by atoms with E-state index in [1.54, 1.807) is 23.9 Å². The Labute approximate surface area is 125 Å². The molecule has 2 aliphatic heterocycles. The van der Waals surface area contributed by atoms with Crippen LogP contribution in [0.2, 0.25) is 0 Å². The average molecular weight is 303 g/mol. The Balaban J connectivity index is 1.63. The molecule has 1 fully saturated rings. The molecule has 0 unspecified atom stereocenters. The first-order valence-electron chi connectivity index (χ1n) is 6.68. The lowest BCUT2D eigenvalue weighted by atomic mass is 10.1. The van der Waals surface area contributed by atoms with Gasteiger partial charge in [0.15, 0.2) is 17.3 Å². The highest BCUT2D eigenvalue weighted by atomic mass is 32.2. The molecule has 0 radical (unpaired) electrons. The van der Waals surface area contributed by atoms with Crippen molar-refractivity contribution in [1.82, 2.24) is 4.90 Å². The largest absolute Gasteiger partial charge is 0.459 e. The normalized spacial score (nSPS) is 20.0. The van der Waals surface area contributed by atoms with Gasteiger partial charge in [-0.15, -0.1) is 11.8 Å². The number of carbonyl (C=O) groups is 1. The third kappa shape index (κ3) is 2.15. The third-order valence-electron chi connectivity index (χ3n) is 3.57. The summed E-state index contributed by atoms with van der Waals surface area (Å²) in [6, 6.07) is 9.26. The molecule has 0 bridgehead atoms. The van der Waals surface area contributed by atoms with Gasteiger partial charge >= 0.3 is 0 Å².